The van der Waals surface area contributed by atoms with Crippen LogP contribution in [0.1, 0.15) is 38.8 Å². The van der Waals surface area contributed by atoms with Crippen molar-refractivity contribution >= 4 is 29.5 Å². The Hall–Kier alpha value is -1.41. The number of hydrogen-bond donors (Lipinski definition) is 1. The van der Waals surface area contributed by atoms with Gasteiger partial charge in [-0.15, -0.1) is 0 Å². The smallest absolute Gasteiger partial charge is 0.370 e. The van der Waals surface area contributed by atoms with Crippen LogP contribution >= 0.6 is 19.2 Å². The quantitative estimate of drug-likeness (QED) is 0.623. The van der Waals surface area contributed by atoms with Crippen LogP contribution in [-0.2, 0) is 29.2 Å². The zero-order valence-electron chi connectivity index (χ0n) is 16.5. The van der Waals surface area contributed by atoms with E-state index < -0.39 is 35.4 Å². The molecule has 158 valence electrons. The number of hydrogen-bond acceptors (Lipinski definition) is 6. The SMILES string of the molecule is CC(C)OP(=O)(OC(C)C)[C@]1(c2ccccc2)NS(=O)(=O)Oc2ccc(Cl)cc21. The summed E-state index contributed by atoms with van der Waals surface area (Å²) in [7, 11) is -8.57. The van der Waals surface area contributed by atoms with E-state index in [1.165, 1.54) is 18.2 Å². The molecule has 0 bridgehead atoms. The van der Waals surface area contributed by atoms with Crippen LogP contribution in [0.3, 0.4) is 0 Å². The highest BCUT2D eigenvalue weighted by atomic mass is 35.5. The van der Waals surface area contributed by atoms with Crippen LogP contribution in [-0.4, -0.2) is 20.6 Å². The Morgan fingerprint density at radius 3 is 2.17 bits per heavy atom. The molecule has 2 aromatic rings. The average molecular weight is 460 g/mol. The van der Waals surface area contributed by atoms with E-state index in [1.807, 2.05) is 0 Å². The molecule has 0 unspecified atom stereocenters. The second-order valence-corrected chi connectivity index (χ2v) is 11.0. The Balaban J connectivity index is 2.45. The maximum atomic E-state index is 14.4. The Bertz CT molecular complexity index is 1030. The zero-order valence-corrected chi connectivity index (χ0v) is 18.9. The topological polar surface area (TPSA) is 90.9 Å². The molecule has 1 heterocycles. The van der Waals surface area contributed by atoms with E-state index >= 15 is 0 Å². The summed E-state index contributed by atoms with van der Waals surface area (Å²) < 4.78 is 59.1. The first-order valence-corrected chi connectivity index (χ1v) is 12.4. The summed E-state index contributed by atoms with van der Waals surface area (Å²) in [6.45, 7) is 6.78. The number of nitrogens with one attached hydrogen (secondary N) is 1. The highest BCUT2D eigenvalue weighted by Gasteiger charge is 2.61. The molecule has 0 aliphatic carbocycles. The molecule has 0 spiro atoms. The van der Waals surface area contributed by atoms with Gasteiger partial charge < -0.3 is 13.2 Å². The van der Waals surface area contributed by atoms with E-state index in [4.69, 9.17) is 24.8 Å². The van der Waals surface area contributed by atoms with Gasteiger partial charge in [0.15, 0.2) is 5.28 Å². The lowest BCUT2D eigenvalue weighted by atomic mass is 9.97. The number of fused-ring (bicyclic) bond motifs is 1. The Morgan fingerprint density at radius 2 is 1.62 bits per heavy atom. The molecule has 7 nitrogen and oxygen atoms in total. The standard InChI is InChI=1S/C19H23ClNO6PS/c1-13(2)25-28(22,26-14(3)4)19(15-8-6-5-7-9-15)17-12-16(20)10-11-18(17)27-29(23,24)21-19/h5-14,21H,1-4H3/t19-/m0/s1. The van der Waals surface area contributed by atoms with Crippen LogP contribution < -0.4 is 8.91 Å². The summed E-state index contributed by atoms with van der Waals surface area (Å²) in [5, 5.41) is -1.57. The fraction of sp³-hybridized carbons (Fsp3) is 0.368. The van der Waals surface area contributed by atoms with E-state index in [2.05, 4.69) is 4.72 Å². The molecule has 3 rings (SSSR count). The molecule has 0 fully saturated rings. The normalized spacial score (nSPS) is 21.1. The first kappa shape index (κ1) is 22.3. The summed E-state index contributed by atoms with van der Waals surface area (Å²) >= 11 is 6.22. The summed E-state index contributed by atoms with van der Waals surface area (Å²) in [6.07, 6.45) is -1.04. The lowest BCUT2D eigenvalue weighted by molar-refractivity contribution is 0.126. The van der Waals surface area contributed by atoms with Crippen molar-refractivity contribution in [2.75, 3.05) is 0 Å². The molecule has 0 saturated heterocycles. The van der Waals surface area contributed by atoms with Gasteiger partial charge in [-0.2, -0.15) is 13.1 Å². The third-order valence-electron chi connectivity index (χ3n) is 4.11. The molecular weight excluding hydrogens is 437 g/mol. The Labute approximate surface area is 176 Å². The van der Waals surface area contributed by atoms with Gasteiger partial charge in [0, 0.05) is 10.6 Å². The van der Waals surface area contributed by atoms with E-state index in [0.29, 0.717) is 10.6 Å². The largest absolute Gasteiger partial charge is 0.384 e. The van der Waals surface area contributed by atoms with Crippen LogP contribution in [0.2, 0.25) is 5.02 Å². The molecular formula is C19H23ClNO6PS. The third-order valence-corrected chi connectivity index (χ3v) is 8.28. The van der Waals surface area contributed by atoms with E-state index in [0.717, 1.165) is 0 Å². The minimum Gasteiger partial charge on any atom is -0.370 e. The van der Waals surface area contributed by atoms with Gasteiger partial charge in [-0.05, 0) is 51.5 Å². The van der Waals surface area contributed by atoms with Crippen molar-refractivity contribution in [3.8, 4) is 5.75 Å². The van der Waals surface area contributed by atoms with Crippen molar-refractivity contribution < 1.29 is 26.2 Å². The Morgan fingerprint density at radius 1 is 1.03 bits per heavy atom. The maximum Gasteiger partial charge on any atom is 0.384 e. The van der Waals surface area contributed by atoms with E-state index in [9.17, 15) is 13.0 Å². The van der Waals surface area contributed by atoms with Crippen molar-refractivity contribution in [1.82, 2.24) is 4.72 Å². The van der Waals surface area contributed by atoms with Crippen LogP contribution in [0.15, 0.2) is 48.5 Å². The average Bonchev–Trinajstić information content (AvgIpc) is 2.60. The maximum absolute atomic E-state index is 14.4. The van der Waals surface area contributed by atoms with Gasteiger partial charge in [-0.1, -0.05) is 41.9 Å². The second kappa shape index (κ2) is 8.02. The van der Waals surface area contributed by atoms with Crippen LogP contribution in [0, 0.1) is 0 Å². The van der Waals surface area contributed by atoms with Gasteiger partial charge in [0.05, 0.1) is 12.2 Å². The van der Waals surface area contributed by atoms with Crippen LogP contribution in [0.4, 0.5) is 0 Å². The lowest BCUT2D eigenvalue weighted by Crippen LogP contribution is -2.52. The summed E-state index contributed by atoms with van der Waals surface area (Å²) in [4.78, 5) is 0. The summed E-state index contributed by atoms with van der Waals surface area (Å²) in [6, 6.07) is 12.9. The van der Waals surface area contributed by atoms with Crippen molar-refractivity contribution in [2.24, 2.45) is 0 Å². The first-order chi connectivity index (χ1) is 13.5. The fourth-order valence-electron chi connectivity index (χ4n) is 3.23. The van der Waals surface area contributed by atoms with E-state index in [-0.39, 0.29) is 11.3 Å². The molecule has 0 amide bonds. The van der Waals surface area contributed by atoms with Gasteiger partial charge in [-0.3, -0.25) is 4.57 Å². The first-order valence-electron chi connectivity index (χ1n) is 9.05. The third kappa shape index (κ3) is 4.24. The van der Waals surface area contributed by atoms with E-state index in [1.54, 1.807) is 58.0 Å². The van der Waals surface area contributed by atoms with Crippen molar-refractivity contribution in [3.63, 3.8) is 0 Å². The van der Waals surface area contributed by atoms with Crippen molar-refractivity contribution in [1.29, 1.82) is 0 Å². The van der Waals surface area contributed by atoms with Gasteiger partial charge in [-0.25, -0.2) is 0 Å². The lowest BCUT2D eigenvalue weighted by Gasteiger charge is -2.43. The predicted octanol–water partition coefficient (Wildman–Crippen LogP) is 4.81. The highest BCUT2D eigenvalue weighted by molar-refractivity contribution is 7.85. The van der Waals surface area contributed by atoms with Gasteiger partial charge in [0.25, 0.3) is 0 Å². The van der Waals surface area contributed by atoms with Crippen LogP contribution in [0.25, 0.3) is 0 Å². The molecule has 10 heteroatoms. The second-order valence-electron chi connectivity index (χ2n) is 7.16. The zero-order chi connectivity index (χ0) is 21.4. The molecule has 0 radical (unpaired) electrons. The molecule has 0 saturated carbocycles. The minimum absolute atomic E-state index is 0.00283. The summed E-state index contributed by atoms with van der Waals surface area (Å²) in [5.41, 5.74) is 0.621. The van der Waals surface area contributed by atoms with Gasteiger partial charge in [0.2, 0.25) is 0 Å². The van der Waals surface area contributed by atoms with Gasteiger partial charge in [0.1, 0.15) is 5.75 Å². The molecule has 1 N–H and O–H groups in total. The highest BCUT2D eigenvalue weighted by Crippen LogP contribution is 2.69. The summed E-state index contributed by atoms with van der Waals surface area (Å²) in [5.74, 6) is -0.00283. The molecule has 1 aliphatic heterocycles. The Kier molecular flexibility index (Phi) is 6.16. The molecule has 0 aromatic heterocycles. The number of rotatable bonds is 6. The molecule has 29 heavy (non-hydrogen) atoms. The number of benzene rings is 2. The minimum atomic E-state index is -4.34. The number of halogens is 1. The monoisotopic (exact) mass is 459 g/mol. The fourth-order valence-corrected chi connectivity index (χ4v) is 7.60. The van der Waals surface area contributed by atoms with Crippen LogP contribution in [0.5, 0.6) is 5.75 Å². The molecule has 2 aromatic carbocycles. The molecule has 1 atom stereocenters. The van der Waals surface area contributed by atoms with Gasteiger partial charge >= 0.3 is 17.9 Å². The van der Waals surface area contributed by atoms with Crippen molar-refractivity contribution in [3.05, 3.63) is 64.7 Å². The molecule has 1 aliphatic rings. The predicted molar refractivity (Wildman–Crippen MR) is 111 cm³/mol. The van der Waals surface area contributed by atoms with Crippen molar-refractivity contribution in [2.45, 2.75) is 45.2 Å².